The van der Waals surface area contributed by atoms with Gasteiger partial charge in [-0.15, -0.1) is 0 Å². The second kappa shape index (κ2) is 7.01. The fourth-order valence-corrected chi connectivity index (χ4v) is 2.99. The van der Waals surface area contributed by atoms with Gasteiger partial charge < -0.3 is 10.3 Å². The van der Waals surface area contributed by atoms with Gasteiger partial charge in [-0.25, -0.2) is 15.0 Å². The Morgan fingerprint density at radius 1 is 1.08 bits per heavy atom. The summed E-state index contributed by atoms with van der Waals surface area (Å²) in [4.78, 5) is 21.1. The van der Waals surface area contributed by atoms with E-state index >= 15 is 0 Å². The van der Waals surface area contributed by atoms with Crippen molar-refractivity contribution >= 4 is 11.0 Å². The van der Waals surface area contributed by atoms with E-state index in [2.05, 4.69) is 37.2 Å². The first-order valence-electron chi connectivity index (χ1n) is 8.61. The molecule has 6 heteroatoms. The molecular weight excluding hydrogens is 324 g/mol. The van der Waals surface area contributed by atoms with E-state index in [1.165, 1.54) is 0 Å². The SMILES string of the molecule is Cc1nc(-c2ccncc2)ncc1C(C)NCc1nc2ccccc2[nH]1. The first kappa shape index (κ1) is 16.4. The number of nitrogens with zero attached hydrogens (tertiary/aromatic N) is 4. The zero-order chi connectivity index (χ0) is 17.9. The van der Waals surface area contributed by atoms with Crippen LogP contribution in [-0.2, 0) is 6.54 Å². The largest absolute Gasteiger partial charge is 0.341 e. The fourth-order valence-electron chi connectivity index (χ4n) is 2.99. The Kier molecular flexibility index (Phi) is 4.41. The molecule has 0 radical (unpaired) electrons. The summed E-state index contributed by atoms with van der Waals surface area (Å²) >= 11 is 0. The van der Waals surface area contributed by atoms with Crippen molar-refractivity contribution in [3.05, 3.63) is 72.1 Å². The van der Waals surface area contributed by atoms with Gasteiger partial charge in [-0.2, -0.15) is 0 Å². The lowest BCUT2D eigenvalue weighted by Crippen LogP contribution is -2.20. The van der Waals surface area contributed by atoms with E-state index < -0.39 is 0 Å². The van der Waals surface area contributed by atoms with Crippen molar-refractivity contribution in [3.63, 3.8) is 0 Å². The summed E-state index contributed by atoms with van der Waals surface area (Å²) in [5, 5.41) is 3.49. The van der Waals surface area contributed by atoms with Gasteiger partial charge in [0.05, 0.1) is 17.6 Å². The lowest BCUT2D eigenvalue weighted by molar-refractivity contribution is 0.556. The van der Waals surface area contributed by atoms with Crippen LogP contribution in [0.15, 0.2) is 55.0 Å². The van der Waals surface area contributed by atoms with Crippen LogP contribution in [-0.4, -0.2) is 24.9 Å². The molecule has 1 atom stereocenters. The van der Waals surface area contributed by atoms with E-state index in [4.69, 9.17) is 0 Å². The second-order valence-corrected chi connectivity index (χ2v) is 6.27. The number of benzene rings is 1. The van der Waals surface area contributed by atoms with E-state index in [-0.39, 0.29) is 6.04 Å². The van der Waals surface area contributed by atoms with Gasteiger partial charge in [0.15, 0.2) is 5.82 Å². The Hall–Kier alpha value is -3.12. The molecule has 1 aromatic carbocycles. The van der Waals surface area contributed by atoms with E-state index in [9.17, 15) is 0 Å². The summed E-state index contributed by atoms with van der Waals surface area (Å²) < 4.78 is 0. The highest BCUT2D eigenvalue weighted by molar-refractivity contribution is 5.74. The maximum Gasteiger partial charge on any atom is 0.159 e. The Morgan fingerprint density at radius 2 is 1.88 bits per heavy atom. The van der Waals surface area contributed by atoms with Crippen LogP contribution < -0.4 is 5.32 Å². The van der Waals surface area contributed by atoms with Gasteiger partial charge in [-0.3, -0.25) is 4.98 Å². The molecule has 4 aromatic rings. The molecule has 0 bridgehead atoms. The number of hydrogen-bond donors (Lipinski definition) is 2. The van der Waals surface area contributed by atoms with Crippen molar-refractivity contribution in [1.82, 2.24) is 30.2 Å². The zero-order valence-corrected chi connectivity index (χ0v) is 14.8. The van der Waals surface area contributed by atoms with E-state index in [1.807, 2.05) is 49.5 Å². The topological polar surface area (TPSA) is 79.4 Å². The summed E-state index contributed by atoms with van der Waals surface area (Å²) in [6.07, 6.45) is 5.40. The number of pyridine rings is 1. The highest BCUT2D eigenvalue weighted by Gasteiger charge is 2.12. The second-order valence-electron chi connectivity index (χ2n) is 6.27. The molecule has 0 saturated heterocycles. The predicted molar refractivity (Wildman–Crippen MR) is 101 cm³/mol. The van der Waals surface area contributed by atoms with Crippen LogP contribution >= 0.6 is 0 Å². The summed E-state index contributed by atoms with van der Waals surface area (Å²) in [7, 11) is 0. The molecule has 0 amide bonds. The number of rotatable bonds is 5. The minimum Gasteiger partial charge on any atom is -0.341 e. The third kappa shape index (κ3) is 3.32. The number of hydrogen-bond acceptors (Lipinski definition) is 5. The average molecular weight is 344 g/mol. The molecule has 0 aliphatic rings. The van der Waals surface area contributed by atoms with E-state index in [1.54, 1.807) is 12.4 Å². The number of fused-ring (bicyclic) bond motifs is 1. The van der Waals surface area contributed by atoms with Crippen molar-refractivity contribution in [2.75, 3.05) is 0 Å². The van der Waals surface area contributed by atoms with Crippen LogP contribution in [0.3, 0.4) is 0 Å². The van der Waals surface area contributed by atoms with Crippen molar-refractivity contribution in [2.24, 2.45) is 0 Å². The van der Waals surface area contributed by atoms with Crippen LogP contribution in [0.25, 0.3) is 22.4 Å². The van der Waals surface area contributed by atoms with Gasteiger partial charge in [0, 0.05) is 41.5 Å². The van der Waals surface area contributed by atoms with Gasteiger partial charge in [0.2, 0.25) is 0 Å². The minimum absolute atomic E-state index is 0.120. The van der Waals surface area contributed by atoms with Crippen LogP contribution in [0.4, 0.5) is 0 Å². The third-order valence-corrected chi connectivity index (χ3v) is 4.44. The number of imidazole rings is 1. The van der Waals surface area contributed by atoms with E-state index in [0.29, 0.717) is 6.54 Å². The maximum atomic E-state index is 4.65. The molecule has 130 valence electrons. The summed E-state index contributed by atoms with van der Waals surface area (Å²) in [6, 6.07) is 12.0. The number of aromatic nitrogens is 5. The molecule has 4 rings (SSSR count). The molecule has 0 saturated carbocycles. The van der Waals surface area contributed by atoms with Crippen molar-refractivity contribution < 1.29 is 0 Å². The highest BCUT2D eigenvalue weighted by Crippen LogP contribution is 2.20. The van der Waals surface area contributed by atoms with E-state index in [0.717, 1.165) is 39.5 Å². The number of H-pyrrole nitrogens is 1. The van der Waals surface area contributed by atoms with Crippen molar-refractivity contribution in [1.29, 1.82) is 0 Å². The summed E-state index contributed by atoms with van der Waals surface area (Å²) in [5.74, 6) is 1.64. The molecular formula is C20H20N6. The van der Waals surface area contributed by atoms with Crippen molar-refractivity contribution in [3.8, 4) is 11.4 Å². The van der Waals surface area contributed by atoms with Gasteiger partial charge >= 0.3 is 0 Å². The van der Waals surface area contributed by atoms with Gasteiger partial charge in [-0.1, -0.05) is 12.1 Å². The van der Waals surface area contributed by atoms with Crippen molar-refractivity contribution in [2.45, 2.75) is 26.4 Å². The van der Waals surface area contributed by atoms with Gasteiger partial charge in [0.1, 0.15) is 5.82 Å². The Labute approximate surface area is 151 Å². The quantitative estimate of drug-likeness (QED) is 0.578. The zero-order valence-electron chi connectivity index (χ0n) is 14.8. The molecule has 0 fully saturated rings. The normalized spacial score (nSPS) is 12.4. The molecule has 26 heavy (non-hydrogen) atoms. The molecule has 3 aromatic heterocycles. The highest BCUT2D eigenvalue weighted by atomic mass is 15.0. The smallest absolute Gasteiger partial charge is 0.159 e. The Bertz CT molecular complexity index is 992. The third-order valence-electron chi connectivity index (χ3n) is 4.44. The maximum absolute atomic E-state index is 4.65. The molecule has 1 unspecified atom stereocenters. The lowest BCUT2D eigenvalue weighted by Gasteiger charge is -2.15. The summed E-state index contributed by atoms with van der Waals surface area (Å²) in [6.45, 7) is 4.78. The molecule has 3 heterocycles. The standard InChI is InChI=1S/C20H20N6/c1-13(22-12-19-25-17-5-3-4-6-18(17)26-19)16-11-23-20(24-14(16)2)15-7-9-21-10-8-15/h3-11,13,22H,12H2,1-2H3,(H,25,26). The molecule has 6 nitrogen and oxygen atoms in total. The molecule has 0 spiro atoms. The first-order valence-corrected chi connectivity index (χ1v) is 8.61. The lowest BCUT2D eigenvalue weighted by atomic mass is 10.1. The molecule has 0 aliphatic carbocycles. The first-order chi connectivity index (χ1) is 12.7. The van der Waals surface area contributed by atoms with Crippen LogP contribution in [0.2, 0.25) is 0 Å². The molecule has 2 N–H and O–H groups in total. The number of aryl methyl sites for hydroxylation is 1. The van der Waals surface area contributed by atoms with Crippen LogP contribution in [0, 0.1) is 6.92 Å². The van der Waals surface area contributed by atoms with Gasteiger partial charge in [0.25, 0.3) is 0 Å². The minimum atomic E-state index is 0.120. The average Bonchev–Trinajstić information content (AvgIpc) is 3.10. The van der Waals surface area contributed by atoms with Crippen LogP contribution in [0.1, 0.15) is 30.0 Å². The van der Waals surface area contributed by atoms with Gasteiger partial charge in [-0.05, 0) is 38.1 Å². The number of nitrogens with one attached hydrogen (secondary N) is 2. The number of aromatic amines is 1. The fraction of sp³-hybridized carbons (Fsp3) is 0.200. The Morgan fingerprint density at radius 3 is 2.65 bits per heavy atom. The van der Waals surface area contributed by atoms with Crippen LogP contribution in [0.5, 0.6) is 0 Å². The predicted octanol–water partition coefficient (Wildman–Crippen LogP) is 3.57. The Balaban J connectivity index is 1.48. The monoisotopic (exact) mass is 344 g/mol. The summed E-state index contributed by atoms with van der Waals surface area (Å²) in [5.41, 5.74) is 5.06. The molecule has 0 aliphatic heterocycles. The number of para-hydroxylation sites is 2.